The van der Waals surface area contributed by atoms with E-state index in [2.05, 4.69) is 5.32 Å². The molecule has 2 heterocycles. The zero-order valence-corrected chi connectivity index (χ0v) is 19.6. The van der Waals surface area contributed by atoms with E-state index in [9.17, 15) is 18.0 Å². The van der Waals surface area contributed by atoms with E-state index in [1.54, 1.807) is 42.2 Å². The number of rotatable bonds is 8. The quantitative estimate of drug-likeness (QED) is 0.638. The van der Waals surface area contributed by atoms with Gasteiger partial charge >= 0.3 is 0 Å². The third-order valence-electron chi connectivity index (χ3n) is 5.92. The fourth-order valence-electron chi connectivity index (χ4n) is 4.24. The second-order valence-corrected chi connectivity index (χ2v) is 10.2. The van der Waals surface area contributed by atoms with Crippen molar-refractivity contribution in [1.82, 2.24) is 9.21 Å². The first-order valence-electron chi connectivity index (χ1n) is 11.3. The predicted octanol–water partition coefficient (Wildman–Crippen LogP) is 3.24. The van der Waals surface area contributed by atoms with Gasteiger partial charge in [-0.3, -0.25) is 9.59 Å². The topological polar surface area (TPSA) is 96.0 Å². The number of nitrogens with one attached hydrogen (secondary N) is 1. The van der Waals surface area contributed by atoms with Crippen LogP contribution in [0.3, 0.4) is 0 Å². The first-order valence-corrected chi connectivity index (χ1v) is 12.8. The average Bonchev–Trinajstić information content (AvgIpc) is 3.48. The van der Waals surface area contributed by atoms with Gasteiger partial charge in [0, 0.05) is 43.9 Å². The van der Waals surface area contributed by atoms with Crippen molar-refractivity contribution in [3.63, 3.8) is 0 Å². The van der Waals surface area contributed by atoms with Gasteiger partial charge in [-0.1, -0.05) is 12.1 Å². The average molecular weight is 472 g/mol. The Morgan fingerprint density at radius 2 is 1.85 bits per heavy atom. The van der Waals surface area contributed by atoms with Crippen molar-refractivity contribution >= 4 is 27.5 Å². The summed E-state index contributed by atoms with van der Waals surface area (Å²) in [5.41, 5.74) is 1.69. The summed E-state index contributed by atoms with van der Waals surface area (Å²) in [6.07, 6.45) is 3.10. The summed E-state index contributed by atoms with van der Waals surface area (Å²) in [7, 11) is -3.72. The number of nitrogens with zero attached hydrogens (tertiary/aromatic N) is 2. The standard InChI is InChI=1S/C24H29N3O5S/c1-2-32-21-11-10-20(16-22(21)33(30,31)27-13-3-4-14-27)25-24(29)19-8-5-7-18(15-19)17-26-12-6-9-23(26)28/h5,7-8,10-11,15-16H,2-4,6,9,12-14,17H2,1H3,(H,25,29). The Labute approximate surface area is 194 Å². The Hall–Kier alpha value is -2.91. The molecular formula is C24H29N3O5S. The largest absolute Gasteiger partial charge is 0.492 e. The molecule has 0 saturated carbocycles. The lowest BCUT2D eigenvalue weighted by Gasteiger charge is -2.19. The number of sulfonamides is 1. The zero-order valence-electron chi connectivity index (χ0n) is 18.7. The third-order valence-corrected chi connectivity index (χ3v) is 7.84. The lowest BCUT2D eigenvalue weighted by molar-refractivity contribution is -0.128. The maximum absolute atomic E-state index is 13.2. The van der Waals surface area contributed by atoms with E-state index in [1.165, 1.54) is 10.4 Å². The minimum atomic E-state index is -3.72. The molecular weight excluding hydrogens is 442 g/mol. The Morgan fingerprint density at radius 3 is 2.55 bits per heavy atom. The Kier molecular flexibility index (Phi) is 6.99. The number of benzene rings is 2. The van der Waals surface area contributed by atoms with E-state index in [4.69, 9.17) is 4.74 Å². The number of hydrogen-bond acceptors (Lipinski definition) is 5. The molecule has 33 heavy (non-hydrogen) atoms. The molecule has 0 unspecified atom stereocenters. The van der Waals surface area contributed by atoms with E-state index >= 15 is 0 Å². The first kappa shape index (κ1) is 23.3. The minimum Gasteiger partial charge on any atom is -0.492 e. The third kappa shape index (κ3) is 5.20. The van der Waals surface area contributed by atoms with Gasteiger partial charge in [-0.15, -0.1) is 0 Å². The van der Waals surface area contributed by atoms with Gasteiger partial charge in [0.2, 0.25) is 15.9 Å². The number of carbonyl (C=O) groups excluding carboxylic acids is 2. The number of likely N-dealkylation sites (tertiary alicyclic amines) is 1. The molecule has 0 spiro atoms. The molecule has 0 aromatic heterocycles. The van der Waals surface area contributed by atoms with Gasteiger partial charge in [0.1, 0.15) is 10.6 Å². The van der Waals surface area contributed by atoms with Crippen molar-refractivity contribution in [3.05, 3.63) is 53.6 Å². The smallest absolute Gasteiger partial charge is 0.255 e. The van der Waals surface area contributed by atoms with Crippen LogP contribution in [-0.4, -0.2) is 55.7 Å². The van der Waals surface area contributed by atoms with Crippen molar-refractivity contribution in [2.75, 3.05) is 31.6 Å². The van der Waals surface area contributed by atoms with E-state index < -0.39 is 10.0 Å². The summed E-state index contributed by atoms with van der Waals surface area (Å²) in [4.78, 5) is 26.7. The summed E-state index contributed by atoms with van der Waals surface area (Å²) < 4.78 is 33.4. The molecule has 0 bridgehead atoms. The SMILES string of the molecule is CCOc1ccc(NC(=O)c2cccc(CN3CCCC3=O)c2)cc1S(=O)(=O)N1CCCC1. The maximum atomic E-state index is 13.2. The summed E-state index contributed by atoms with van der Waals surface area (Å²) >= 11 is 0. The molecule has 176 valence electrons. The summed E-state index contributed by atoms with van der Waals surface area (Å²) in [6, 6.07) is 11.8. The van der Waals surface area contributed by atoms with Crippen LogP contribution in [-0.2, 0) is 21.4 Å². The van der Waals surface area contributed by atoms with Gasteiger partial charge in [0.25, 0.3) is 5.91 Å². The summed E-state index contributed by atoms with van der Waals surface area (Å²) in [5.74, 6) is 0.0592. The lowest BCUT2D eigenvalue weighted by atomic mass is 10.1. The second-order valence-electron chi connectivity index (χ2n) is 8.28. The minimum absolute atomic E-state index is 0.0605. The number of amides is 2. The van der Waals surface area contributed by atoms with Crippen LogP contribution in [0.2, 0.25) is 0 Å². The Balaban J connectivity index is 1.54. The van der Waals surface area contributed by atoms with Crippen molar-refractivity contribution < 1.29 is 22.7 Å². The van der Waals surface area contributed by atoms with Gasteiger partial charge in [0.05, 0.1) is 6.61 Å². The van der Waals surface area contributed by atoms with Crippen LogP contribution in [0.5, 0.6) is 5.75 Å². The van der Waals surface area contributed by atoms with Crippen molar-refractivity contribution in [2.24, 2.45) is 0 Å². The van der Waals surface area contributed by atoms with E-state index in [0.717, 1.165) is 31.4 Å². The second kappa shape index (κ2) is 9.93. The Bertz CT molecular complexity index is 1140. The highest BCUT2D eigenvalue weighted by atomic mass is 32.2. The van der Waals surface area contributed by atoms with E-state index in [0.29, 0.717) is 43.9 Å². The lowest BCUT2D eigenvalue weighted by Crippen LogP contribution is -2.28. The molecule has 2 amide bonds. The van der Waals surface area contributed by atoms with Crippen molar-refractivity contribution in [3.8, 4) is 5.75 Å². The molecule has 2 fully saturated rings. The number of anilines is 1. The Morgan fingerprint density at radius 1 is 1.06 bits per heavy atom. The van der Waals surface area contributed by atoms with Crippen LogP contribution < -0.4 is 10.1 Å². The fourth-order valence-corrected chi connectivity index (χ4v) is 5.91. The highest BCUT2D eigenvalue weighted by Crippen LogP contribution is 2.32. The van der Waals surface area contributed by atoms with Gasteiger partial charge in [-0.2, -0.15) is 4.31 Å². The van der Waals surface area contributed by atoms with Crippen LogP contribution in [0, 0.1) is 0 Å². The predicted molar refractivity (Wildman–Crippen MR) is 125 cm³/mol. The first-order chi connectivity index (χ1) is 15.9. The molecule has 1 N–H and O–H groups in total. The normalized spacial score (nSPS) is 16.9. The molecule has 0 aliphatic carbocycles. The van der Waals surface area contributed by atoms with Crippen molar-refractivity contribution in [2.45, 2.75) is 44.0 Å². The molecule has 0 radical (unpaired) electrons. The number of ether oxygens (including phenoxy) is 1. The molecule has 9 heteroatoms. The highest BCUT2D eigenvalue weighted by molar-refractivity contribution is 7.89. The molecule has 0 atom stereocenters. The summed E-state index contributed by atoms with van der Waals surface area (Å²) in [6.45, 7) is 4.30. The monoisotopic (exact) mass is 471 g/mol. The van der Waals surface area contributed by atoms with Gasteiger partial charge in [0.15, 0.2) is 0 Å². The number of hydrogen-bond donors (Lipinski definition) is 1. The van der Waals surface area contributed by atoms with Gasteiger partial charge < -0.3 is 15.0 Å². The van der Waals surface area contributed by atoms with E-state index in [-0.39, 0.29) is 22.5 Å². The molecule has 2 aromatic rings. The zero-order chi connectivity index (χ0) is 23.4. The molecule has 2 saturated heterocycles. The highest BCUT2D eigenvalue weighted by Gasteiger charge is 2.30. The molecule has 4 rings (SSSR count). The van der Waals surface area contributed by atoms with Crippen molar-refractivity contribution in [1.29, 1.82) is 0 Å². The molecule has 2 aliphatic rings. The summed E-state index contributed by atoms with van der Waals surface area (Å²) in [5, 5.41) is 2.80. The number of carbonyl (C=O) groups is 2. The van der Waals surface area contributed by atoms with Crippen LogP contribution >= 0.6 is 0 Å². The van der Waals surface area contributed by atoms with Crippen LogP contribution in [0.25, 0.3) is 0 Å². The fraction of sp³-hybridized carbons (Fsp3) is 0.417. The van der Waals surface area contributed by atoms with Crippen LogP contribution in [0.1, 0.15) is 48.5 Å². The maximum Gasteiger partial charge on any atom is 0.255 e. The van der Waals surface area contributed by atoms with Crippen LogP contribution in [0.4, 0.5) is 5.69 Å². The van der Waals surface area contributed by atoms with Gasteiger partial charge in [-0.25, -0.2) is 8.42 Å². The molecule has 2 aromatic carbocycles. The van der Waals surface area contributed by atoms with E-state index in [1.807, 2.05) is 6.07 Å². The molecule has 8 nitrogen and oxygen atoms in total. The van der Waals surface area contributed by atoms with Crippen LogP contribution in [0.15, 0.2) is 47.4 Å². The molecule has 2 aliphatic heterocycles. The van der Waals surface area contributed by atoms with Gasteiger partial charge in [-0.05, 0) is 62.1 Å².